The second kappa shape index (κ2) is 6.30. The molecule has 2 aromatic carbocycles. The van der Waals surface area contributed by atoms with E-state index in [-0.39, 0.29) is 13.2 Å². The third-order valence-electron chi connectivity index (χ3n) is 2.92. The highest BCUT2D eigenvalue weighted by Gasteiger charge is 2.19. The highest BCUT2D eigenvalue weighted by molar-refractivity contribution is 7.89. The fraction of sp³-hybridized carbons (Fsp3) is 0.143. The smallest absolute Gasteiger partial charge is 0.243 e. The van der Waals surface area contributed by atoms with E-state index < -0.39 is 26.6 Å². The number of hydrogen-bond acceptors (Lipinski definition) is 3. The summed E-state index contributed by atoms with van der Waals surface area (Å²) in [7, 11) is -4.10. The molecular weight excluding hydrogens is 300 g/mol. The van der Waals surface area contributed by atoms with Crippen LogP contribution < -0.4 is 4.72 Å². The lowest BCUT2D eigenvalue weighted by Crippen LogP contribution is -2.24. The number of rotatable bonds is 5. The Hall–Kier alpha value is -1.83. The number of hydrogen-bond donors (Lipinski definition) is 2. The monoisotopic (exact) mass is 313 g/mol. The zero-order valence-corrected chi connectivity index (χ0v) is 11.7. The van der Waals surface area contributed by atoms with Crippen molar-refractivity contribution in [3.8, 4) is 0 Å². The number of sulfonamides is 1. The summed E-state index contributed by atoms with van der Waals surface area (Å²) in [5.74, 6) is -2.00. The lowest BCUT2D eigenvalue weighted by molar-refractivity contribution is 0.280. The molecule has 0 radical (unpaired) electrons. The van der Waals surface area contributed by atoms with Crippen LogP contribution in [0.5, 0.6) is 0 Å². The Labute approximate surface area is 121 Å². The molecule has 0 aromatic heterocycles. The highest BCUT2D eigenvalue weighted by atomic mass is 32.2. The molecule has 0 aliphatic heterocycles. The molecule has 2 aromatic rings. The molecule has 0 saturated carbocycles. The molecule has 2 rings (SSSR count). The predicted molar refractivity (Wildman–Crippen MR) is 72.7 cm³/mol. The zero-order valence-electron chi connectivity index (χ0n) is 10.9. The van der Waals surface area contributed by atoms with Crippen molar-refractivity contribution in [2.24, 2.45) is 0 Å². The molecule has 0 bridgehead atoms. The molecule has 0 aliphatic carbocycles. The summed E-state index contributed by atoms with van der Waals surface area (Å²) in [6.07, 6.45) is 0. The van der Waals surface area contributed by atoms with Gasteiger partial charge in [0, 0.05) is 12.6 Å². The molecule has 0 unspecified atom stereocenters. The van der Waals surface area contributed by atoms with Gasteiger partial charge in [-0.2, -0.15) is 0 Å². The minimum atomic E-state index is -4.10. The Bertz CT molecular complexity index is 748. The van der Waals surface area contributed by atoms with Crippen LogP contribution >= 0.6 is 0 Å². The van der Waals surface area contributed by atoms with Crippen molar-refractivity contribution >= 4 is 10.0 Å². The number of halogens is 2. The van der Waals surface area contributed by atoms with E-state index >= 15 is 0 Å². The van der Waals surface area contributed by atoms with Gasteiger partial charge in [0.25, 0.3) is 0 Å². The lowest BCUT2D eigenvalue weighted by Gasteiger charge is -2.10. The summed E-state index contributed by atoms with van der Waals surface area (Å²) in [5.41, 5.74) is 1.14. The number of aliphatic hydroxyl groups excluding tert-OH is 1. The zero-order chi connectivity index (χ0) is 15.5. The molecule has 0 atom stereocenters. The fourth-order valence-corrected chi connectivity index (χ4v) is 2.89. The van der Waals surface area contributed by atoms with E-state index in [0.717, 1.165) is 12.1 Å². The van der Waals surface area contributed by atoms with Gasteiger partial charge in [0.1, 0.15) is 16.5 Å². The van der Waals surface area contributed by atoms with Crippen LogP contribution in [0, 0.1) is 11.6 Å². The van der Waals surface area contributed by atoms with E-state index in [1.807, 2.05) is 0 Å². The van der Waals surface area contributed by atoms with Crippen LogP contribution in [0.15, 0.2) is 47.4 Å². The van der Waals surface area contributed by atoms with E-state index in [2.05, 4.69) is 4.72 Å². The Morgan fingerprint density at radius 3 is 2.33 bits per heavy atom. The van der Waals surface area contributed by atoms with Gasteiger partial charge < -0.3 is 5.11 Å². The standard InChI is InChI=1S/C14H13F2NO3S/c15-12-5-6-14(13(16)7-12)21(19,20)17-8-10-3-1-2-4-11(10)9-18/h1-7,17-18H,8-9H2. The van der Waals surface area contributed by atoms with E-state index in [1.165, 1.54) is 0 Å². The van der Waals surface area contributed by atoms with Crippen LogP contribution in [-0.4, -0.2) is 13.5 Å². The minimum Gasteiger partial charge on any atom is -0.392 e. The number of nitrogens with one attached hydrogen (secondary N) is 1. The van der Waals surface area contributed by atoms with Crippen LogP contribution in [0.1, 0.15) is 11.1 Å². The molecule has 0 aliphatic rings. The van der Waals surface area contributed by atoms with Crippen LogP contribution in [0.25, 0.3) is 0 Å². The van der Waals surface area contributed by atoms with Gasteiger partial charge in [0.2, 0.25) is 10.0 Å². The van der Waals surface area contributed by atoms with Crippen LogP contribution in [0.2, 0.25) is 0 Å². The average Bonchev–Trinajstić information content (AvgIpc) is 2.45. The van der Waals surface area contributed by atoms with Gasteiger partial charge in [0.15, 0.2) is 0 Å². The van der Waals surface area contributed by atoms with Crippen LogP contribution in [0.4, 0.5) is 8.78 Å². The Morgan fingerprint density at radius 2 is 1.71 bits per heavy atom. The molecule has 7 heteroatoms. The molecule has 0 saturated heterocycles. The Kier molecular flexibility index (Phi) is 4.66. The molecule has 21 heavy (non-hydrogen) atoms. The molecular formula is C14H13F2NO3S. The topological polar surface area (TPSA) is 66.4 Å². The first-order valence-electron chi connectivity index (χ1n) is 6.06. The molecule has 2 N–H and O–H groups in total. The second-order valence-corrected chi connectivity index (χ2v) is 6.06. The first-order chi connectivity index (χ1) is 9.94. The van der Waals surface area contributed by atoms with E-state index in [9.17, 15) is 17.2 Å². The largest absolute Gasteiger partial charge is 0.392 e. The number of benzene rings is 2. The molecule has 0 spiro atoms. The molecule has 0 heterocycles. The molecule has 4 nitrogen and oxygen atoms in total. The van der Waals surface area contributed by atoms with Gasteiger partial charge in [-0.3, -0.25) is 0 Å². The van der Waals surface area contributed by atoms with E-state index in [0.29, 0.717) is 17.2 Å². The third kappa shape index (κ3) is 3.63. The van der Waals surface area contributed by atoms with Gasteiger partial charge >= 0.3 is 0 Å². The van der Waals surface area contributed by atoms with Crippen molar-refractivity contribution < 1.29 is 22.3 Å². The average molecular weight is 313 g/mol. The second-order valence-electron chi connectivity index (χ2n) is 4.33. The van der Waals surface area contributed by atoms with Gasteiger partial charge in [-0.05, 0) is 23.3 Å². The third-order valence-corrected chi connectivity index (χ3v) is 4.36. The van der Waals surface area contributed by atoms with Crippen molar-refractivity contribution in [3.63, 3.8) is 0 Å². The maximum atomic E-state index is 13.5. The summed E-state index contributed by atoms with van der Waals surface area (Å²) in [5, 5.41) is 9.16. The van der Waals surface area contributed by atoms with E-state index in [4.69, 9.17) is 5.11 Å². The first kappa shape index (κ1) is 15.6. The Balaban J connectivity index is 2.22. The van der Waals surface area contributed by atoms with E-state index in [1.54, 1.807) is 24.3 Å². The summed E-state index contributed by atoms with van der Waals surface area (Å²) in [6, 6.07) is 8.96. The van der Waals surface area contributed by atoms with Crippen molar-refractivity contribution in [2.75, 3.05) is 0 Å². The summed E-state index contributed by atoms with van der Waals surface area (Å²) in [4.78, 5) is -0.620. The van der Waals surface area contributed by atoms with Gasteiger partial charge in [-0.1, -0.05) is 24.3 Å². The van der Waals surface area contributed by atoms with Crippen molar-refractivity contribution in [1.29, 1.82) is 0 Å². The van der Waals surface area contributed by atoms with Crippen molar-refractivity contribution in [3.05, 3.63) is 65.2 Å². The fourth-order valence-electron chi connectivity index (χ4n) is 1.83. The maximum absolute atomic E-state index is 13.5. The highest BCUT2D eigenvalue weighted by Crippen LogP contribution is 2.16. The molecule has 0 fully saturated rings. The van der Waals surface area contributed by atoms with Gasteiger partial charge in [-0.25, -0.2) is 21.9 Å². The predicted octanol–water partition coefficient (Wildman–Crippen LogP) is 1.94. The van der Waals surface area contributed by atoms with Crippen molar-refractivity contribution in [1.82, 2.24) is 4.72 Å². The van der Waals surface area contributed by atoms with Gasteiger partial charge in [-0.15, -0.1) is 0 Å². The quantitative estimate of drug-likeness (QED) is 0.886. The molecule has 0 amide bonds. The summed E-state index contributed by atoms with van der Waals surface area (Å²) in [6.45, 7) is -0.335. The lowest BCUT2D eigenvalue weighted by atomic mass is 10.1. The first-order valence-corrected chi connectivity index (χ1v) is 7.54. The number of aliphatic hydroxyl groups is 1. The minimum absolute atomic E-state index is 0.101. The van der Waals surface area contributed by atoms with Crippen LogP contribution in [0.3, 0.4) is 0 Å². The summed E-state index contributed by atoms with van der Waals surface area (Å²) < 4.78 is 52.5. The molecule has 112 valence electrons. The van der Waals surface area contributed by atoms with Crippen LogP contribution in [-0.2, 0) is 23.2 Å². The van der Waals surface area contributed by atoms with Crippen molar-refractivity contribution in [2.45, 2.75) is 18.0 Å². The Morgan fingerprint density at radius 1 is 1.05 bits per heavy atom. The SMILES string of the molecule is O=S(=O)(NCc1ccccc1CO)c1ccc(F)cc1F. The van der Waals surface area contributed by atoms with Gasteiger partial charge in [0.05, 0.1) is 6.61 Å². The summed E-state index contributed by atoms with van der Waals surface area (Å²) >= 11 is 0. The maximum Gasteiger partial charge on any atom is 0.243 e. The normalized spacial score (nSPS) is 11.6.